The van der Waals surface area contributed by atoms with Crippen molar-refractivity contribution in [2.75, 3.05) is 32.7 Å². The molecule has 0 aromatic heterocycles. The third kappa shape index (κ3) is 4.40. The van der Waals surface area contributed by atoms with E-state index in [1.807, 2.05) is 6.92 Å². The third-order valence-corrected chi connectivity index (χ3v) is 2.60. The largest absolute Gasteiger partial charge is 0.338 e. The second-order valence-corrected chi connectivity index (χ2v) is 3.94. The van der Waals surface area contributed by atoms with Crippen molar-refractivity contribution in [3.63, 3.8) is 0 Å². The van der Waals surface area contributed by atoms with Crippen LogP contribution in [-0.4, -0.2) is 60.5 Å². The first-order chi connectivity index (χ1) is 7.56. The van der Waals surface area contributed by atoms with E-state index < -0.39 is 6.04 Å². The summed E-state index contributed by atoms with van der Waals surface area (Å²) < 4.78 is 0. The molecule has 1 saturated heterocycles. The van der Waals surface area contributed by atoms with Gasteiger partial charge in [-0.1, -0.05) is 0 Å². The monoisotopic (exact) mass is 264 g/mol. The Hall–Kier alpha value is -1.01. The molecule has 3 amide bonds. The van der Waals surface area contributed by atoms with Crippen molar-refractivity contribution >= 4 is 24.3 Å². The number of halogens is 1. The highest BCUT2D eigenvalue weighted by Gasteiger charge is 2.24. The molecule has 1 heterocycles. The molecule has 0 spiro atoms. The van der Waals surface area contributed by atoms with Crippen LogP contribution in [0.4, 0.5) is 4.79 Å². The lowest BCUT2D eigenvalue weighted by atomic mass is 10.2. The second-order valence-electron chi connectivity index (χ2n) is 3.94. The van der Waals surface area contributed by atoms with Crippen LogP contribution in [-0.2, 0) is 4.79 Å². The van der Waals surface area contributed by atoms with Crippen LogP contribution in [0.1, 0.15) is 13.8 Å². The molecule has 1 aliphatic rings. The number of hydrogen-bond donors (Lipinski definition) is 2. The van der Waals surface area contributed by atoms with E-state index in [-0.39, 0.29) is 24.3 Å². The fourth-order valence-corrected chi connectivity index (χ4v) is 1.68. The van der Waals surface area contributed by atoms with Gasteiger partial charge in [0.15, 0.2) is 0 Å². The number of piperazine rings is 1. The summed E-state index contributed by atoms with van der Waals surface area (Å²) >= 11 is 0. The molecule has 100 valence electrons. The Morgan fingerprint density at radius 3 is 2.12 bits per heavy atom. The summed E-state index contributed by atoms with van der Waals surface area (Å²) in [5, 5.41) is 2.74. The van der Waals surface area contributed by atoms with E-state index in [2.05, 4.69) is 5.32 Å². The van der Waals surface area contributed by atoms with Crippen LogP contribution in [0, 0.1) is 0 Å². The predicted octanol–water partition coefficient (Wildman–Crippen LogP) is -0.371. The average molecular weight is 265 g/mol. The van der Waals surface area contributed by atoms with Crippen LogP contribution in [0.3, 0.4) is 0 Å². The van der Waals surface area contributed by atoms with Gasteiger partial charge in [0, 0.05) is 32.7 Å². The Kier molecular flexibility index (Phi) is 6.91. The summed E-state index contributed by atoms with van der Waals surface area (Å²) in [6.45, 7) is 6.47. The van der Waals surface area contributed by atoms with Crippen LogP contribution >= 0.6 is 12.4 Å². The Morgan fingerprint density at radius 2 is 1.71 bits per heavy atom. The molecular formula is C10H21ClN4O2. The van der Waals surface area contributed by atoms with E-state index in [0.29, 0.717) is 32.7 Å². The maximum atomic E-state index is 11.6. The highest BCUT2D eigenvalue weighted by Crippen LogP contribution is 2.03. The minimum absolute atomic E-state index is 0. The number of hydrogen-bond acceptors (Lipinski definition) is 3. The zero-order valence-corrected chi connectivity index (χ0v) is 11.1. The van der Waals surface area contributed by atoms with Crippen molar-refractivity contribution in [2.24, 2.45) is 5.73 Å². The van der Waals surface area contributed by atoms with E-state index in [4.69, 9.17) is 5.73 Å². The summed E-state index contributed by atoms with van der Waals surface area (Å²) in [7, 11) is 0. The molecule has 1 fully saturated rings. The molecule has 6 nitrogen and oxygen atoms in total. The lowest BCUT2D eigenvalue weighted by Gasteiger charge is -2.35. The van der Waals surface area contributed by atoms with Crippen LogP contribution in [0.15, 0.2) is 0 Å². The van der Waals surface area contributed by atoms with Crippen molar-refractivity contribution in [1.82, 2.24) is 15.1 Å². The summed E-state index contributed by atoms with van der Waals surface area (Å²) in [5.74, 6) is -0.0458. The quantitative estimate of drug-likeness (QED) is 0.714. The van der Waals surface area contributed by atoms with Gasteiger partial charge in [-0.3, -0.25) is 4.79 Å². The molecule has 0 radical (unpaired) electrons. The van der Waals surface area contributed by atoms with Crippen LogP contribution in [0.2, 0.25) is 0 Å². The van der Waals surface area contributed by atoms with Crippen molar-refractivity contribution in [3.8, 4) is 0 Å². The minimum Gasteiger partial charge on any atom is -0.338 e. The average Bonchev–Trinajstić information content (AvgIpc) is 2.28. The molecule has 7 heteroatoms. The second kappa shape index (κ2) is 7.34. The number of nitrogens with one attached hydrogen (secondary N) is 1. The molecule has 0 bridgehead atoms. The number of nitrogens with zero attached hydrogens (tertiary/aromatic N) is 2. The van der Waals surface area contributed by atoms with Gasteiger partial charge in [-0.05, 0) is 13.8 Å². The van der Waals surface area contributed by atoms with Crippen LogP contribution < -0.4 is 11.1 Å². The molecule has 1 rings (SSSR count). The number of amides is 3. The van der Waals surface area contributed by atoms with Gasteiger partial charge >= 0.3 is 6.03 Å². The summed E-state index contributed by atoms with van der Waals surface area (Å²) in [4.78, 5) is 26.5. The zero-order chi connectivity index (χ0) is 12.1. The standard InChI is InChI=1S/C10H20N4O2.ClH/c1-3-12-10(16)14-6-4-13(5-7-14)9(15)8(2)11;/h8H,3-7,11H2,1-2H3,(H,12,16);1H/t8-;/m1./s1. The molecule has 0 aromatic rings. The molecule has 0 aliphatic carbocycles. The van der Waals surface area contributed by atoms with Crippen molar-refractivity contribution < 1.29 is 9.59 Å². The first-order valence-electron chi connectivity index (χ1n) is 5.63. The fraction of sp³-hybridized carbons (Fsp3) is 0.800. The van der Waals surface area contributed by atoms with Gasteiger partial charge in [0.05, 0.1) is 6.04 Å². The van der Waals surface area contributed by atoms with Gasteiger partial charge in [-0.25, -0.2) is 4.79 Å². The van der Waals surface area contributed by atoms with Gasteiger partial charge in [0.1, 0.15) is 0 Å². The summed E-state index contributed by atoms with van der Waals surface area (Å²) in [6.07, 6.45) is 0. The van der Waals surface area contributed by atoms with Crippen molar-refractivity contribution in [2.45, 2.75) is 19.9 Å². The molecule has 3 N–H and O–H groups in total. The van der Waals surface area contributed by atoms with Crippen LogP contribution in [0.25, 0.3) is 0 Å². The Balaban J connectivity index is 0.00000256. The van der Waals surface area contributed by atoms with Crippen LogP contribution in [0.5, 0.6) is 0 Å². The lowest BCUT2D eigenvalue weighted by Crippen LogP contribution is -2.55. The predicted molar refractivity (Wildman–Crippen MR) is 68.1 cm³/mol. The highest BCUT2D eigenvalue weighted by atomic mass is 35.5. The summed E-state index contributed by atoms with van der Waals surface area (Å²) in [6, 6.07) is -0.522. The molecule has 0 aromatic carbocycles. The van der Waals surface area contributed by atoms with E-state index >= 15 is 0 Å². The van der Waals surface area contributed by atoms with Gasteiger partial charge in [-0.2, -0.15) is 0 Å². The first-order valence-corrected chi connectivity index (χ1v) is 5.63. The smallest absolute Gasteiger partial charge is 0.317 e. The first kappa shape index (κ1) is 16.0. The number of nitrogens with two attached hydrogens (primary N) is 1. The lowest BCUT2D eigenvalue weighted by molar-refractivity contribution is -0.133. The Bertz CT molecular complexity index is 265. The molecule has 0 saturated carbocycles. The number of rotatable bonds is 2. The molecule has 17 heavy (non-hydrogen) atoms. The van der Waals surface area contributed by atoms with Crippen molar-refractivity contribution in [3.05, 3.63) is 0 Å². The van der Waals surface area contributed by atoms with E-state index in [0.717, 1.165) is 0 Å². The van der Waals surface area contributed by atoms with Crippen molar-refractivity contribution in [1.29, 1.82) is 0 Å². The Labute approximate surface area is 108 Å². The van der Waals surface area contributed by atoms with Gasteiger partial charge in [0.25, 0.3) is 0 Å². The number of carbonyl (C=O) groups is 2. The minimum atomic E-state index is -0.462. The fourth-order valence-electron chi connectivity index (χ4n) is 1.68. The van der Waals surface area contributed by atoms with E-state index in [1.54, 1.807) is 16.7 Å². The van der Waals surface area contributed by atoms with Gasteiger partial charge in [0.2, 0.25) is 5.91 Å². The topological polar surface area (TPSA) is 78.7 Å². The Morgan fingerprint density at radius 1 is 1.24 bits per heavy atom. The molecular weight excluding hydrogens is 244 g/mol. The maximum absolute atomic E-state index is 11.6. The van der Waals surface area contributed by atoms with E-state index in [9.17, 15) is 9.59 Å². The molecule has 1 aliphatic heterocycles. The van der Waals surface area contributed by atoms with E-state index in [1.165, 1.54) is 0 Å². The summed E-state index contributed by atoms with van der Waals surface area (Å²) in [5.41, 5.74) is 5.52. The highest BCUT2D eigenvalue weighted by molar-refractivity contribution is 5.85. The van der Waals surface area contributed by atoms with Gasteiger partial charge < -0.3 is 20.9 Å². The maximum Gasteiger partial charge on any atom is 0.317 e. The third-order valence-electron chi connectivity index (χ3n) is 2.60. The molecule has 1 atom stereocenters. The molecule has 0 unspecified atom stereocenters. The number of urea groups is 1. The zero-order valence-electron chi connectivity index (χ0n) is 10.3. The normalized spacial score (nSPS) is 17.1. The SMILES string of the molecule is CCNC(=O)N1CCN(C(=O)[C@@H](C)N)CC1.Cl. The van der Waals surface area contributed by atoms with Gasteiger partial charge in [-0.15, -0.1) is 12.4 Å². The number of carbonyl (C=O) groups excluding carboxylic acids is 2.